The molecule has 0 radical (unpaired) electrons. The molecule has 4 aliphatic rings. The van der Waals surface area contributed by atoms with E-state index in [1.54, 1.807) is 44.2 Å². The third-order valence-electron chi connectivity index (χ3n) is 11.5. The molecule has 2 heterocycles. The van der Waals surface area contributed by atoms with Crippen LogP contribution in [0.4, 0.5) is 5.69 Å². The van der Waals surface area contributed by atoms with Gasteiger partial charge in [-0.15, -0.1) is 0 Å². The van der Waals surface area contributed by atoms with Gasteiger partial charge in [0, 0.05) is 49.8 Å². The smallest absolute Gasteiger partial charge is 0.264 e. The number of rotatable bonds is 6. The molecule has 0 unspecified atom stereocenters. The van der Waals surface area contributed by atoms with Gasteiger partial charge in [0.2, 0.25) is 15.9 Å². The van der Waals surface area contributed by atoms with Crippen LogP contribution >= 0.6 is 11.6 Å². The summed E-state index contributed by atoms with van der Waals surface area (Å²) in [6.45, 7) is 6.18. The molecule has 0 saturated heterocycles. The number of allylic oxidation sites excluding steroid dienone is 1. The van der Waals surface area contributed by atoms with Gasteiger partial charge < -0.3 is 24.0 Å². The molecular weight excluding hydrogens is 678 g/mol. The quantitative estimate of drug-likeness (QED) is 0.395. The van der Waals surface area contributed by atoms with E-state index in [0.29, 0.717) is 45.0 Å². The molecule has 2 aromatic carbocycles. The summed E-state index contributed by atoms with van der Waals surface area (Å²) in [7, 11) is -0.626. The van der Waals surface area contributed by atoms with Gasteiger partial charge in [-0.3, -0.25) is 9.59 Å². The summed E-state index contributed by atoms with van der Waals surface area (Å²) in [6.07, 6.45) is 8.98. The molecule has 10 nitrogen and oxygen atoms in total. The van der Waals surface area contributed by atoms with Crippen LogP contribution in [-0.2, 0) is 36.1 Å². The molecule has 0 aromatic heterocycles. The third-order valence-corrected chi connectivity index (χ3v) is 13.6. The average Bonchev–Trinajstić information content (AvgIpc) is 3.23. The molecule has 50 heavy (non-hydrogen) atoms. The largest absolute Gasteiger partial charge is 0.490 e. The fourth-order valence-electron chi connectivity index (χ4n) is 7.95. The summed E-state index contributed by atoms with van der Waals surface area (Å²) in [4.78, 5) is 30.5. The molecule has 1 N–H and O–H groups in total. The highest BCUT2D eigenvalue weighted by Crippen LogP contribution is 2.47. The Kier molecular flexibility index (Phi) is 11.2. The maximum atomic E-state index is 13.5. The molecule has 2 aromatic rings. The lowest BCUT2D eigenvalue weighted by molar-refractivity contribution is -0.138. The number of ether oxygens (including phenoxy) is 3. The fraction of sp³-hybridized carbons (Fsp3) is 0.579. The highest BCUT2D eigenvalue weighted by Gasteiger charge is 2.45. The van der Waals surface area contributed by atoms with Gasteiger partial charge in [0.15, 0.2) is 0 Å². The zero-order chi connectivity index (χ0) is 35.6. The average molecular weight is 728 g/mol. The van der Waals surface area contributed by atoms with Crippen LogP contribution in [-0.4, -0.2) is 90.1 Å². The van der Waals surface area contributed by atoms with Crippen LogP contribution in [0.15, 0.2) is 48.6 Å². The van der Waals surface area contributed by atoms with Crippen molar-refractivity contribution >= 4 is 39.1 Å². The van der Waals surface area contributed by atoms with Gasteiger partial charge in [-0.2, -0.15) is 0 Å². The highest BCUT2D eigenvalue weighted by molar-refractivity contribution is 7.90. The topological polar surface area (TPSA) is 114 Å². The number of sulfonamides is 1. The third kappa shape index (κ3) is 7.71. The molecule has 2 amide bonds. The van der Waals surface area contributed by atoms with Gasteiger partial charge in [-0.25, -0.2) is 13.1 Å². The first kappa shape index (κ1) is 36.7. The summed E-state index contributed by atoms with van der Waals surface area (Å²) in [5.41, 5.74) is 3.22. The Morgan fingerprint density at radius 2 is 2.00 bits per heavy atom. The molecule has 2 bridgehead atoms. The van der Waals surface area contributed by atoms with Gasteiger partial charge in [-0.05, 0) is 105 Å². The number of halogens is 1. The second-order valence-electron chi connectivity index (χ2n) is 14.7. The van der Waals surface area contributed by atoms with E-state index in [1.165, 1.54) is 11.1 Å². The summed E-state index contributed by atoms with van der Waals surface area (Å²) in [5, 5.41) is -0.103. The van der Waals surface area contributed by atoms with Gasteiger partial charge in [0.05, 0.1) is 30.3 Å². The number of fused-ring (bicyclic) bond motifs is 4. The lowest BCUT2D eigenvalue weighted by atomic mass is 9.68. The minimum absolute atomic E-state index is 0.0585. The van der Waals surface area contributed by atoms with Crippen LogP contribution in [0.1, 0.15) is 67.4 Å². The van der Waals surface area contributed by atoms with Crippen LogP contribution < -0.4 is 14.4 Å². The number of hydrogen-bond donors (Lipinski definition) is 1. The predicted molar refractivity (Wildman–Crippen MR) is 194 cm³/mol. The molecule has 2 aliphatic carbocycles. The van der Waals surface area contributed by atoms with E-state index in [9.17, 15) is 18.0 Å². The van der Waals surface area contributed by atoms with E-state index in [4.69, 9.17) is 25.8 Å². The van der Waals surface area contributed by atoms with Gasteiger partial charge in [0.1, 0.15) is 12.4 Å². The molecule has 272 valence electrons. The number of carbonyl (C=O) groups excluding carboxylic acids is 2. The van der Waals surface area contributed by atoms with Crippen molar-refractivity contribution in [1.29, 1.82) is 0 Å². The maximum absolute atomic E-state index is 13.5. The van der Waals surface area contributed by atoms with Gasteiger partial charge >= 0.3 is 0 Å². The Morgan fingerprint density at radius 3 is 2.76 bits per heavy atom. The van der Waals surface area contributed by atoms with Gasteiger partial charge in [0.25, 0.3) is 5.91 Å². The molecule has 1 fully saturated rings. The molecule has 6 atom stereocenters. The van der Waals surface area contributed by atoms with Crippen LogP contribution in [0.25, 0.3) is 0 Å². The molecule has 1 spiro atoms. The SMILES string of the molecule is COCCN(C)C(=O)CO[C@H]1/C=C\C[C@H](C)[C@@H](C)S(=O)(=O)NC(=O)c2ccc3c(c2)N(C[C@@H]2CC[C@H]21)C[C@@]1(CCCc2cc(Cl)ccc21)CO3. The highest BCUT2D eigenvalue weighted by atomic mass is 35.5. The first-order chi connectivity index (χ1) is 23.9. The number of methoxy groups -OCH3 is 1. The summed E-state index contributed by atoms with van der Waals surface area (Å²) < 4.78 is 47.3. The number of carbonyl (C=O) groups is 2. The molecule has 6 rings (SSSR count). The van der Waals surface area contributed by atoms with Crippen LogP contribution in [0.3, 0.4) is 0 Å². The second kappa shape index (κ2) is 15.2. The minimum Gasteiger partial charge on any atom is -0.490 e. The van der Waals surface area contributed by atoms with E-state index < -0.39 is 21.2 Å². The van der Waals surface area contributed by atoms with E-state index in [0.717, 1.165) is 42.8 Å². The lowest BCUT2D eigenvalue weighted by Gasteiger charge is -2.46. The zero-order valence-electron chi connectivity index (χ0n) is 29.5. The molecular formula is C38H50ClN3O7S. The predicted octanol–water partition coefficient (Wildman–Crippen LogP) is 5.37. The van der Waals surface area contributed by atoms with Crippen molar-refractivity contribution in [2.45, 2.75) is 69.1 Å². The van der Waals surface area contributed by atoms with E-state index in [2.05, 4.69) is 21.8 Å². The fourth-order valence-corrected chi connectivity index (χ4v) is 9.43. The second-order valence-corrected chi connectivity index (χ2v) is 17.2. The summed E-state index contributed by atoms with van der Waals surface area (Å²) in [5.74, 6) is 0.0281. The van der Waals surface area contributed by atoms with Crippen molar-refractivity contribution in [1.82, 2.24) is 9.62 Å². The Bertz CT molecular complexity index is 1720. The van der Waals surface area contributed by atoms with E-state index in [1.807, 2.05) is 25.1 Å². The number of nitrogens with one attached hydrogen (secondary N) is 1. The number of aryl methyl sites for hydroxylation is 1. The number of amides is 2. The van der Waals surface area contributed by atoms with Crippen LogP contribution in [0.5, 0.6) is 5.75 Å². The Hall–Kier alpha value is -3.12. The monoisotopic (exact) mass is 727 g/mol. The van der Waals surface area contributed by atoms with E-state index in [-0.39, 0.29) is 47.4 Å². The first-order valence-electron chi connectivity index (χ1n) is 17.8. The normalized spacial score (nSPS) is 29.7. The standard InChI is InChI=1S/C38H50ClN3O7S/c1-25-7-5-9-34(48-22-36(43)41(3)17-18-47-4)31-13-10-29(31)21-42-23-38(16-6-8-27-19-30(39)12-14-32(27)38)24-49-35-15-11-28(20-33(35)42)37(44)40-50(45,46)26(25)2/h5,9,11-12,14-15,19-20,25-26,29,31,34H,6-8,10,13,16-18,21-24H2,1-4H3,(H,40,44)/b9-5-/t25-,26+,29-,31+,34-,38-/m0/s1. The number of likely N-dealkylation sites (N-methyl/N-ethyl adjacent to an activating group) is 1. The number of anilines is 1. The van der Waals surface area contributed by atoms with E-state index >= 15 is 0 Å². The van der Waals surface area contributed by atoms with Crippen LogP contribution in [0.2, 0.25) is 5.02 Å². The summed E-state index contributed by atoms with van der Waals surface area (Å²) in [6, 6.07) is 11.4. The Labute approximate surface area is 301 Å². The lowest BCUT2D eigenvalue weighted by Crippen LogP contribution is -2.50. The number of benzene rings is 2. The van der Waals surface area contributed by atoms with Crippen molar-refractivity contribution in [3.05, 3.63) is 70.3 Å². The minimum atomic E-state index is -3.98. The Morgan fingerprint density at radius 1 is 1.18 bits per heavy atom. The van der Waals surface area contributed by atoms with Crippen LogP contribution in [0, 0.1) is 17.8 Å². The zero-order valence-corrected chi connectivity index (χ0v) is 31.1. The van der Waals surface area contributed by atoms with Gasteiger partial charge in [-0.1, -0.05) is 36.7 Å². The first-order valence-corrected chi connectivity index (χ1v) is 19.7. The molecule has 2 aliphatic heterocycles. The maximum Gasteiger partial charge on any atom is 0.264 e. The number of nitrogens with zero attached hydrogens (tertiary/aromatic N) is 2. The molecule has 12 heteroatoms. The van der Waals surface area contributed by atoms with Crippen molar-refractivity contribution in [2.24, 2.45) is 17.8 Å². The summed E-state index contributed by atoms with van der Waals surface area (Å²) >= 11 is 6.44. The van der Waals surface area contributed by atoms with Crippen molar-refractivity contribution in [2.75, 3.05) is 58.5 Å². The Balaban J connectivity index is 1.37. The molecule has 1 saturated carbocycles. The number of hydrogen-bond acceptors (Lipinski definition) is 8. The van der Waals surface area contributed by atoms with Crippen molar-refractivity contribution in [3.8, 4) is 5.75 Å². The van der Waals surface area contributed by atoms with Crippen molar-refractivity contribution in [3.63, 3.8) is 0 Å². The van der Waals surface area contributed by atoms with Crippen molar-refractivity contribution < 1.29 is 32.2 Å².